The molecule has 144 valence electrons. The van der Waals surface area contributed by atoms with Gasteiger partial charge in [0.25, 0.3) is 5.56 Å². The third-order valence-electron chi connectivity index (χ3n) is 4.54. The van der Waals surface area contributed by atoms with Gasteiger partial charge >= 0.3 is 0 Å². The first-order valence-electron chi connectivity index (χ1n) is 9.07. The lowest BCUT2D eigenvalue weighted by Crippen LogP contribution is -2.24. The van der Waals surface area contributed by atoms with E-state index in [1.807, 2.05) is 48.5 Å². The highest BCUT2D eigenvalue weighted by molar-refractivity contribution is 7.99. The van der Waals surface area contributed by atoms with Gasteiger partial charge in [-0.05, 0) is 23.8 Å². The van der Waals surface area contributed by atoms with E-state index in [1.165, 1.54) is 11.8 Å². The van der Waals surface area contributed by atoms with Gasteiger partial charge in [-0.25, -0.2) is 4.98 Å². The molecule has 0 aliphatic rings. The van der Waals surface area contributed by atoms with Gasteiger partial charge in [0.05, 0.1) is 23.2 Å². The summed E-state index contributed by atoms with van der Waals surface area (Å²) in [6.45, 7) is 0.290. The molecule has 6 heteroatoms. The summed E-state index contributed by atoms with van der Waals surface area (Å²) in [5.74, 6) is 0.180. The Bertz CT molecular complexity index is 1240. The van der Waals surface area contributed by atoms with Crippen LogP contribution in [0.1, 0.15) is 15.9 Å². The molecule has 0 N–H and O–H groups in total. The number of hydrogen-bond donors (Lipinski definition) is 0. The van der Waals surface area contributed by atoms with Crippen molar-refractivity contribution in [2.45, 2.75) is 11.7 Å². The summed E-state index contributed by atoms with van der Waals surface area (Å²) in [5, 5.41) is 1.63. The number of hydrogen-bond acceptors (Lipinski definition) is 4. The third-order valence-corrected chi connectivity index (χ3v) is 5.89. The molecule has 0 spiro atoms. The van der Waals surface area contributed by atoms with E-state index in [1.54, 1.807) is 34.9 Å². The molecule has 4 nitrogen and oxygen atoms in total. The Balaban J connectivity index is 1.72. The number of aromatic nitrogens is 2. The van der Waals surface area contributed by atoms with Crippen molar-refractivity contribution in [1.29, 1.82) is 0 Å². The van der Waals surface area contributed by atoms with Gasteiger partial charge in [-0.1, -0.05) is 84.0 Å². The van der Waals surface area contributed by atoms with Crippen molar-refractivity contribution in [3.8, 4) is 0 Å². The number of para-hydroxylation sites is 1. The molecular formula is C23H17ClN2O2S. The lowest BCUT2D eigenvalue weighted by atomic mass is 10.2. The van der Waals surface area contributed by atoms with Gasteiger partial charge < -0.3 is 0 Å². The van der Waals surface area contributed by atoms with Crippen LogP contribution in [0.3, 0.4) is 0 Å². The Kier molecular flexibility index (Phi) is 5.79. The second-order valence-corrected chi connectivity index (χ2v) is 7.82. The molecule has 0 atom stereocenters. The van der Waals surface area contributed by atoms with Gasteiger partial charge in [-0.15, -0.1) is 0 Å². The van der Waals surface area contributed by atoms with E-state index in [0.29, 0.717) is 26.6 Å². The molecule has 29 heavy (non-hydrogen) atoms. The zero-order valence-electron chi connectivity index (χ0n) is 15.4. The standard InChI is InChI=1S/C23H17ClN2O2S/c24-19-12-6-4-10-17(19)14-26-22(28)18-11-5-7-13-20(18)25-23(26)29-15-21(27)16-8-2-1-3-9-16/h1-13H,14-15H2. The molecule has 4 rings (SSSR count). The summed E-state index contributed by atoms with van der Waals surface area (Å²) < 4.78 is 1.59. The van der Waals surface area contributed by atoms with Crippen LogP contribution in [0.4, 0.5) is 0 Å². The predicted molar refractivity (Wildman–Crippen MR) is 118 cm³/mol. The molecule has 1 aromatic heterocycles. The Morgan fingerprint density at radius 2 is 1.62 bits per heavy atom. The van der Waals surface area contributed by atoms with Crippen LogP contribution in [0.5, 0.6) is 0 Å². The first-order valence-corrected chi connectivity index (χ1v) is 10.4. The van der Waals surface area contributed by atoms with Crippen molar-refractivity contribution in [3.63, 3.8) is 0 Å². The summed E-state index contributed by atoms with van der Waals surface area (Å²) in [7, 11) is 0. The van der Waals surface area contributed by atoms with Gasteiger partial charge in [0.1, 0.15) is 0 Å². The van der Waals surface area contributed by atoms with Crippen molar-refractivity contribution in [1.82, 2.24) is 9.55 Å². The number of ketones is 1. The van der Waals surface area contributed by atoms with Crippen LogP contribution in [0, 0.1) is 0 Å². The second kappa shape index (κ2) is 8.64. The van der Waals surface area contributed by atoms with E-state index in [4.69, 9.17) is 11.6 Å². The summed E-state index contributed by atoms with van der Waals surface area (Å²) in [5.41, 5.74) is 1.93. The molecule has 0 radical (unpaired) electrons. The fourth-order valence-corrected chi connectivity index (χ4v) is 4.12. The van der Waals surface area contributed by atoms with Crippen molar-refractivity contribution in [2.24, 2.45) is 0 Å². The van der Waals surface area contributed by atoms with Crippen LogP contribution in [-0.2, 0) is 6.54 Å². The zero-order chi connectivity index (χ0) is 20.2. The average Bonchev–Trinajstić information content (AvgIpc) is 2.76. The van der Waals surface area contributed by atoms with E-state index >= 15 is 0 Å². The smallest absolute Gasteiger partial charge is 0.262 e. The molecule has 0 aliphatic heterocycles. The topological polar surface area (TPSA) is 52.0 Å². The maximum absolute atomic E-state index is 13.2. The van der Waals surface area contributed by atoms with Crippen LogP contribution in [0.2, 0.25) is 5.02 Å². The summed E-state index contributed by atoms with van der Waals surface area (Å²) in [6, 6.07) is 23.7. The summed E-state index contributed by atoms with van der Waals surface area (Å²) >= 11 is 7.57. The van der Waals surface area contributed by atoms with Gasteiger partial charge in [-0.2, -0.15) is 0 Å². The molecule has 0 aliphatic carbocycles. The quantitative estimate of drug-likeness (QED) is 0.248. The molecule has 0 unspecified atom stereocenters. The molecule has 4 aromatic rings. The predicted octanol–water partition coefficient (Wildman–Crippen LogP) is 5.07. The van der Waals surface area contributed by atoms with Crippen LogP contribution >= 0.6 is 23.4 Å². The minimum absolute atomic E-state index is 0.0118. The maximum atomic E-state index is 13.2. The van der Waals surface area contributed by atoms with Crippen LogP contribution in [0.15, 0.2) is 88.8 Å². The van der Waals surface area contributed by atoms with E-state index in [-0.39, 0.29) is 23.6 Å². The van der Waals surface area contributed by atoms with Gasteiger partial charge in [0.15, 0.2) is 10.9 Å². The van der Waals surface area contributed by atoms with Crippen LogP contribution in [-0.4, -0.2) is 21.1 Å². The van der Waals surface area contributed by atoms with Crippen molar-refractivity contribution in [2.75, 3.05) is 5.75 Å². The Morgan fingerprint density at radius 1 is 0.931 bits per heavy atom. The maximum Gasteiger partial charge on any atom is 0.262 e. The molecule has 0 saturated heterocycles. The molecule has 3 aromatic carbocycles. The number of carbonyl (C=O) groups excluding carboxylic acids is 1. The first kappa shape index (κ1) is 19.4. The Labute approximate surface area is 177 Å². The highest BCUT2D eigenvalue weighted by Gasteiger charge is 2.15. The van der Waals surface area contributed by atoms with Gasteiger partial charge in [-0.3, -0.25) is 14.2 Å². The van der Waals surface area contributed by atoms with E-state index < -0.39 is 0 Å². The fraction of sp³-hybridized carbons (Fsp3) is 0.0870. The lowest BCUT2D eigenvalue weighted by molar-refractivity contribution is 0.102. The first-order chi connectivity index (χ1) is 14.1. The van der Waals surface area contributed by atoms with Crippen LogP contribution in [0.25, 0.3) is 10.9 Å². The molecule has 0 bridgehead atoms. The minimum atomic E-state index is -0.148. The SMILES string of the molecule is O=C(CSc1nc2ccccc2c(=O)n1Cc1ccccc1Cl)c1ccccc1. The second-order valence-electron chi connectivity index (χ2n) is 6.47. The van der Waals surface area contributed by atoms with Crippen LogP contribution < -0.4 is 5.56 Å². The molecule has 1 heterocycles. The molecule has 0 amide bonds. The number of fused-ring (bicyclic) bond motifs is 1. The van der Waals surface area contributed by atoms with E-state index in [0.717, 1.165) is 5.56 Å². The highest BCUT2D eigenvalue weighted by Crippen LogP contribution is 2.22. The number of halogens is 1. The van der Waals surface area contributed by atoms with Crippen molar-refractivity contribution in [3.05, 3.63) is 105 Å². The minimum Gasteiger partial charge on any atom is -0.293 e. The summed E-state index contributed by atoms with van der Waals surface area (Å²) in [4.78, 5) is 30.4. The largest absolute Gasteiger partial charge is 0.293 e. The number of nitrogens with zero attached hydrogens (tertiary/aromatic N) is 2. The number of benzene rings is 3. The number of rotatable bonds is 6. The lowest BCUT2D eigenvalue weighted by Gasteiger charge is -2.14. The molecule has 0 fully saturated rings. The fourth-order valence-electron chi connectivity index (χ4n) is 3.03. The van der Waals surface area contributed by atoms with E-state index in [2.05, 4.69) is 4.98 Å². The summed E-state index contributed by atoms with van der Waals surface area (Å²) in [6.07, 6.45) is 0. The third kappa shape index (κ3) is 4.26. The molecule has 0 saturated carbocycles. The number of thioether (sulfide) groups is 1. The normalized spacial score (nSPS) is 10.9. The monoisotopic (exact) mass is 420 g/mol. The van der Waals surface area contributed by atoms with Crippen molar-refractivity contribution >= 4 is 40.0 Å². The zero-order valence-corrected chi connectivity index (χ0v) is 17.0. The number of Topliss-reactive ketones (excluding diaryl/α,β-unsaturated/α-hetero) is 1. The highest BCUT2D eigenvalue weighted by atomic mass is 35.5. The van der Waals surface area contributed by atoms with Gasteiger partial charge in [0.2, 0.25) is 0 Å². The Hall–Kier alpha value is -2.89. The van der Waals surface area contributed by atoms with Gasteiger partial charge in [0, 0.05) is 10.6 Å². The molecular weight excluding hydrogens is 404 g/mol. The average molecular weight is 421 g/mol. The van der Waals surface area contributed by atoms with Crippen molar-refractivity contribution < 1.29 is 4.79 Å². The number of carbonyl (C=O) groups is 1. The Morgan fingerprint density at radius 3 is 2.41 bits per heavy atom. The van der Waals surface area contributed by atoms with E-state index in [9.17, 15) is 9.59 Å².